The quantitative estimate of drug-likeness (QED) is 0.792. The van der Waals surface area contributed by atoms with Crippen LogP contribution in [0, 0.1) is 0 Å². The van der Waals surface area contributed by atoms with E-state index in [4.69, 9.17) is 15.6 Å². The number of benzene rings is 1. The van der Waals surface area contributed by atoms with Crippen LogP contribution in [0.25, 0.3) is 0 Å². The minimum absolute atomic E-state index is 0. The highest BCUT2D eigenvalue weighted by Crippen LogP contribution is 2.28. The van der Waals surface area contributed by atoms with Gasteiger partial charge in [-0.2, -0.15) is 0 Å². The minimum atomic E-state index is -0.716. The van der Waals surface area contributed by atoms with E-state index < -0.39 is 5.97 Å². The van der Waals surface area contributed by atoms with E-state index in [2.05, 4.69) is 12.1 Å². The third-order valence-corrected chi connectivity index (χ3v) is 3.52. The molecule has 5 heteroatoms. The van der Waals surface area contributed by atoms with E-state index in [0.717, 1.165) is 37.9 Å². The molecule has 1 aliphatic rings. The number of unbranched alkanes of at least 4 members (excludes halogenated alkanes) is 1. The van der Waals surface area contributed by atoms with Crippen LogP contribution in [0.2, 0.25) is 0 Å². The highest BCUT2D eigenvalue weighted by atomic mass is 35.5. The summed E-state index contributed by atoms with van der Waals surface area (Å²) in [5.41, 5.74) is 8.14. The van der Waals surface area contributed by atoms with Crippen LogP contribution in [-0.4, -0.2) is 23.7 Å². The van der Waals surface area contributed by atoms with Gasteiger partial charge in [-0.25, -0.2) is 0 Å². The zero-order valence-electron chi connectivity index (χ0n) is 11.5. The van der Waals surface area contributed by atoms with Gasteiger partial charge >= 0.3 is 5.97 Å². The molecule has 1 unspecified atom stereocenters. The lowest BCUT2D eigenvalue weighted by molar-refractivity contribution is -0.137. The van der Waals surface area contributed by atoms with Crippen molar-refractivity contribution in [2.45, 2.75) is 44.6 Å². The van der Waals surface area contributed by atoms with Crippen molar-refractivity contribution < 1.29 is 14.6 Å². The number of ether oxygens (including phenoxy) is 1. The lowest BCUT2D eigenvalue weighted by atomic mass is 9.98. The van der Waals surface area contributed by atoms with Crippen molar-refractivity contribution in [3.05, 3.63) is 29.3 Å². The Balaban J connectivity index is 0.00000200. The molecule has 3 N–H and O–H groups in total. The first-order chi connectivity index (χ1) is 9.19. The Kier molecular flexibility index (Phi) is 6.82. The Hall–Kier alpha value is -1.26. The average Bonchev–Trinajstić information content (AvgIpc) is 2.42. The van der Waals surface area contributed by atoms with Crippen molar-refractivity contribution >= 4 is 18.4 Å². The Bertz CT molecular complexity index is 451. The summed E-state index contributed by atoms with van der Waals surface area (Å²) in [7, 11) is 0. The molecule has 1 atom stereocenters. The summed E-state index contributed by atoms with van der Waals surface area (Å²) in [5.74, 6) is 0.239. The van der Waals surface area contributed by atoms with E-state index in [-0.39, 0.29) is 24.9 Å². The van der Waals surface area contributed by atoms with Crippen LogP contribution in [0.15, 0.2) is 18.2 Å². The smallest absolute Gasteiger partial charge is 0.303 e. The van der Waals surface area contributed by atoms with Gasteiger partial charge in [0.25, 0.3) is 0 Å². The number of rotatable bonds is 6. The number of carbonyl (C=O) groups is 1. The van der Waals surface area contributed by atoms with Crippen LogP contribution in [0.5, 0.6) is 5.75 Å². The Morgan fingerprint density at radius 1 is 1.40 bits per heavy atom. The predicted octanol–water partition coefficient (Wildman–Crippen LogP) is 2.56. The molecule has 0 spiro atoms. The summed E-state index contributed by atoms with van der Waals surface area (Å²) in [6.07, 6.45) is 4.98. The lowest BCUT2D eigenvalue weighted by Crippen LogP contribution is -2.30. The topological polar surface area (TPSA) is 72.6 Å². The van der Waals surface area contributed by atoms with Gasteiger partial charge in [-0.15, -0.1) is 12.4 Å². The zero-order valence-corrected chi connectivity index (χ0v) is 12.3. The van der Waals surface area contributed by atoms with Gasteiger partial charge in [-0.05, 0) is 49.3 Å². The molecule has 1 aliphatic heterocycles. The highest BCUT2D eigenvalue weighted by Gasteiger charge is 2.18. The van der Waals surface area contributed by atoms with Gasteiger partial charge < -0.3 is 15.6 Å². The summed E-state index contributed by atoms with van der Waals surface area (Å²) >= 11 is 0. The van der Waals surface area contributed by atoms with Crippen molar-refractivity contribution in [1.82, 2.24) is 0 Å². The number of fused-ring (bicyclic) bond motifs is 1. The Morgan fingerprint density at radius 3 is 2.90 bits per heavy atom. The standard InChI is InChI=1S/C15H21NO3.ClH/c16-10-13-7-6-12-9-11(5-8-14(12)19-13)3-1-2-4-15(17)18;/h5,8-9,13H,1-4,6-7,10,16H2,(H,17,18);1H. The first kappa shape index (κ1) is 16.8. The monoisotopic (exact) mass is 299 g/mol. The Labute approximate surface area is 125 Å². The molecule has 0 bridgehead atoms. The largest absolute Gasteiger partial charge is 0.489 e. The van der Waals surface area contributed by atoms with E-state index in [9.17, 15) is 4.79 Å². The van der Waals surface area contributed by atoms with E-state index in [1.54, 1.807) is 0 Å². The van der Waals surface area contributed by atoms with Gasteiger partial charge in [0.2, 0.25) is 0 Å². The first-order valence-corrected chi connectivity index (χ1v) is 6.89. The van der Waals surface area contributed by atoms with Crippen molar-refractivity contribution in [2.75, 3.05) is 6.54 Å². The maximum Gasteiger partial charge on any atom is 0.303 e. The summed E-state index contributed by atoms with van der Waals surface area (Å²) in [6, 6.07) is 6.27. The number of aliphatic carboxylic acids is 1. The van der Waals surface area contributed by atoms with Gasteiger partial charge in [-0.3, -0.25) is 4.79 Å². The van der Waals surface area contributed by atoms with Crippen LogP contribution in [0.3, 0.4) is 0 Å². The van der Waals surface area contributed by atoms with Gasteiger partial charge in [-0.1, -0.05) is 12.1 Å². The molecular formula is C15H22ClNO3. The van der Waals surface area contributed by atoms with E-state index in [1.165, 1.54) is 11.1 Å². The third-order valence-electron chi connectivity index (χ3n) is 3.52. The summed E-state index contributed by atoms with van der Waals surface area (Å²) < 4.78 is 5.79. The molecule has 2 rings (SSSR count). The highest BCUT2D eigenvalue weighted by molar-refractivity contribution is 5.85. The second-order valence-corrected chi connectivity index (χ2v) is 5.06. The average molecular weight is 300 g/mol. The van der Waals surface area contributed by atoms with Crippen molar-refractivity contribution in [1.29, 1.82) is 0 Å². The van der Waals surface area contributed by atoms with Gasteiger partial charge in [0.1, 0.15) is 11.9 Å². The van der Waals surface area contributed by atoms with Gasteiger partial charge in [0.15, 0.2) is 0 Å². The Morgan fingerprint density at radius 2 is 2.20 bits per heavy atom. The fourth-order valence-corrected chi connectivity index (χ4v) is 2.42. The fraction of sp³-hybridized carbons (Fsp3) is 0.533. The molecule has 0 amide bonds. The molecule has 0 fully saturated rings. The van der Waals surface area contributed by atoms with Crippen LogP contribution in [0.4, 0.5) is 0 Å². The molecule has 0 saturated heterocycles. The molecule has 1 aromatic carbocycles. The molecule has 0 saturated carbocycles. The van der Waals surface area contributed by atoms with Crippen molar-refractivity contribution in [3.63, 3.8) is 0 Å². The molecule has 1 aromatic rings. The SMILES string of the molecule is Cl.NCC1CCc2cc(CCCCC(=O)O)ccc2O1. The van der Waals surface area contributed by atoms with E-state index in [1.807, 2.05) is 6.07 Å². The lowest BCUT2D eigenvalue weighted by Gasteiger charge is -2.25. The number of nitrogens with two attached hydrogens (primary N) is 1. The van der Waals surface area contributed by atoms with Gasteiger partial charge in [0, 0.05) is 13.0 Å². The number of hydrogen-bond acceptors (Lipinski definition) is 3. The molecular weight excluding hydrogens is 278 g/mol. The third kappa shape index (κ3) is 4.69. The number of hydrogen-bond donors (Lipinski definition) is 2. The second kappa shape index (κ2) is 8.12. The zero-order chi connectivity index (χ0) is 13.7. The summed E-state index contributed by atoms with van der Waals surface area (Å²) in [5, 5.41) is 8.59. The fourth-order valence-electron chi connectivity index (χ4n) is 2.42. The van der Waals surface area contributed by atoms with Crippen molar-refractivity contribution in [2.24, 2.45) is 5.73 Å². The number of carboxylic acids is 1. The van der Waals surface area contributed by atoms with Crippen LogP contribution in [-0.2, 0) is 17.6 Å². The van der Waals surface area contributed by atoms with Crippen molar-refractivity contribution in [3.8, 4) is 5.75 Å². The van der Waals surface area contributed by atoms with Crippen LogP contribution < -0.4 is 10.5 Å². The molecule has 0 aliphatic carbocycles. The summed E-state index contributed by atoms with van der Waals surface area (Å²) in [4.78, 5) is 10.4. The number of carboxylic acid groups (broad SMARTS) is 1. The minimum Gasteiger partial charge on any atom is -0.489 e. The number of aryl methyl sites for hydroxylation is 2. The van der Waals surface area contributed by atoms with Gasteiger partial charge in [0.05, 0.1) is 0 Å². The molecule has 0 radical (unpaired) electrons. The maximum absolute atomic E-state index is 10.4. The van der Waals surface area contributed by atoms with Crippen LogP contribution >= 0.6 is 12.4 Å². The number of halogens is 1. The first-order valence-electron chi connectivity index (χ1n) is 6.89. The van der Waals surface area contributed by atoms with E-state index in [0.29, 0.717) is 6.54 Å². The maximum atomic E-state index is 10.4. The molecule has 0 aromatic heterocycles. The molecule has 20 heavy (non-hydrogen) atoms. The molecule has 4 nitrogen and oxygen atoms in total. The molecule has 112 valence electrons. The molecule has 1 heterocycles. The predicted molar refractivity (Wildman–Crippen MR) is 80.7 cm³/mol. The van der Waals surface area contributed by atoms with E-state index >= 15 is 0 Å². The van der Waals surface area contributed by atoms with Crippen LogP contribution in [0.1, 0.15) is 36.8 Å². The normalized spacial score (nSPS) is 16.8. The second-order valence-electron chi connectivity index (χ2n) is 5.06. The summed E-state index contributed by atoms with van der Waals surface area (Å²) in [6.45, 7) is 0.566.